The van der Waals surface area contributed by atoms with Crippen molar-refractivity contribution in [2.75, 3.05) is 17.2 Å². The Morgan fingerprint density at radius 2 is 1.81 bits per heavy atom. The molecule has 0 aromatic heterocycles. The summed E-state index contributed by atoms with van der Waals surface area (Å²) in [6, 6.07) is 12.9. The number of nitrogens with one attached hydrogen (secondary N) is 2. The fourth-order valence-corrected chi connectivity index (χ4v) is 2.31. The molecule has 110 valence electrons. The largest absolute Gasteiger partial charge is 0.375 e. The quantitative estimate of drug-likeness (QED) is 0.844. The van der Waals surface area contributed by atoms with Crippen molar-refractivity contribution < 1.29 is 4.79 Å². The minimum Gasteiger partial charge on any atom is -0.375 e. The van der Waals surface area contributed by atoms with Gasteiger partial charge in [0.2, 0.25) is 5.91 Å². The molecule has 5 heteroatoms. The number of hydrogen-bond acceptors (Lipinski definition) is 2. The molecule has 0 unspecified atom stereocenters. The van der Waals surface area contributed by atoms with E-state index in [0.717, 1.165) is 12.1 Å². The number of carbonyl (C=O) groups excluding carboxylic acids is 1. The van der Waals surface area contributed by atoms with Crippen molar-refractivity contribution in [3.63, 3.8) is 0 Å². The van der Waals surface area contributed by atoms with Gasteiger partial charge in [-0.15, -0.1) is 0 Å². The zero-order valence-electron chi connectivity index (χ0n) is 11.6. The van der Waals surface area contributed by atoms with Gasteiger partial charge in [0.05, 0.1) is 17.3 Å². The summed E-state index contributed by atoms with van der Waals surface area (Å²) in [5, 5.41) is 6.85. The van der Waals surface area contributed by atoms with Gasteiger partial charge in [-0.25, -0.2) is 0 Å². The van der Waals surface area contributed by atoms with Gasteiger partial charge in [-0.1, -0.05) is 42.3 Å². The van der Waals surface area contributed by atoms with Crippen molar-refractivity contribution in [3.8, 4) is 0 Å². The maximum Gasteiger partial charge on any atom is 0.243 e. The van der Waals surface area contributed by atoms with Crippen LogP contribution in [0.15, 0.2) is 42.5 Å². The fourth-order valence-electron chi connectivity index (χ4n) is 1.84. The van der Waals surface area contributed by atoms with E-state index >= 15 is 0 Å². The monoisotopic (exact) mass is 322 g/mol. The highest BCUT2D eigenvalue weighted by Crippen LogP contribution is 2.25. The number of amides is 1. The third-order valence-electron chi connectivity index (χ3n) is 3.02. The van der Waals surface area contributed by atoms with Crippen LogP contribution in [0.25, 0.3) is 0 Å². The first-order chi connectivity index (χ1) is 10.1. The second-order valence-corrected chi connectivity index (χ2v) is 5.42. The lowest BCUT2D eigenvalue weighted by Gasteiger charge is -2.09. The van der Waals surface area contributed by atoms with Crippen molar-refractivity contribution in [1.82, 2.24) is 0 Å². The van der Waals surface area contributed by atoms with Crippen molar-refractivity contribution in [2.24, 2.45) is 0 Å². The van der Waals surface area contributed by atoms with Gasteiger partial charge >= 0.3 is 0 Å². The van der Waals surface area contributed by atoms with Crippen LogP contribution in [0.1, 0.15) is 12.5 Å². The molecule has 0 aliphatic rings. The van der Waals surface area contributed by atoms with Crippen LogP contribution in [0.3, 0.4) is 0 Å². The molecule has 2 N–H and O–H groups in total. The molecule has 0 saturated heterocycles. The molecule has 0 aliphatic carbocycles. The van der Waals surface area contributed by atoms with Gasteiger partial charge in [0.15, 0.2) is 0 Å². The van der Waals surface area contributed by atoms with Crippen molar-refractivity contribution in [2.45, 2.75) is 13.3 Å². The van der Waals surface area contributed by atoms with E-state index in [9.17, 15) is 4.79 Å². The third kappa shape index (κ3) is 4.66. The van der Waals surface area contributed by atoms with Crippen molar-refractivity contribution in [3.05, 3.63) is 58.1 Å². The van der Waals surface area contributed by atoms with Gasteiger partial charge in [0.1, 0.15) is 0 Å². The molecule has 2 aromatic rings. The van der Waals surface area contributed by atoms with Crippen molar-refractivity contribution in [1.29, 1.82) is 0 Å². The molecule has 0 atom stereocenters. The Kier molecular flexibility index (Phi) is 5.48. The van der Waals surface area contributed by atoms with Gasteiger partial charge in [-0.2, -0.15) is 0 Å². The smallest absolute Gasteiger partial charge is 0.243 e. The third-order valence-corrected chi connectivity index (χ3v) is 3.56. The van der Waals surface area contributed by atoms with Crippen LogP contribution in [-0.2, 0) is 11.2 Å². The Morgan fingerprint density at radius 3 is 2.43 bits per heavy atom. The number of hydrogen-bond donors (Lipinski definition) is 2. The molecule has 2 aromatic carbocycles. The van der Waals surface area contributed by atoms with Crippen LogP contribution in [0.5, 0.6) is 0 Å². The van der Waals surface area contributed by atoms with E-state index in [-0.39, 0.29) is 12.5 Å². The number of halogens is 2. The number of carbonyl (C=O) groups is 1. The van der Waals surface area contributed by atoms with Gasteiger partial charge in [-0.05, 0) is 42.3 Å². The summed E-state index contributed by atoms with van der Waals surface area (Å²) >= 11 is 11.8. The van der Waals surface area contributed by atoms with Crippen LogP contribution >= 0.6 is 23.2 Å². The maximum atomic E-state index is 11.9. The topological polar surface area (TPSA) is 41.1 Å². The highest BCUT2D eigenvalue weighted by Gasteiger charge is 2.05. The second-order valence-electron chi connectivity index (χ2n) is 4.58. The Morgan fingerprint density at radius 1 is 1.10 bits per heavy atom. The molecule has 2 rings (SSSR count). The highest BCUT2D eigenvalue weighted by molar-refractivity contribution is 6.36. The first-order valence-electron chi connectivity index (χ1n) is 6.66. The molecule has 21 heavy (non-hydrogen) atoms. The van der Waals surface area contributed by atoms with Crippen LogP contribution in [-0.4, -0.2) is 12.5 Å². The number of rotatable bonds is 5. The Bertz CT molecular complexity index is 627. The lowest BCUT2D eigenvalue weighted by Crippen LogP contribution is -2.21. The van der Waals surface area contributed by atoms with E-state index in [0.29, 0.717) is 15.7 Å². The molecule has 3 nitrogen and oxygen atoms in total. The Hall–Kier alpha value is -1.71. The molecular weight excluding hydrogens is 307 g/mol. The average Bonchev–Trinajstić information content (AvgIpc) is 2.47. The minimum absolute atomic E-state index is 0.134. The average molecular weight is 323 g/mol. The van der Waals surface area contributed by atoms with Crippen LogP contribution < -0.4 is 10.6 Å². The van der Waals surface area contributed by atoms with E-state index in [4.69, 9.17) is 23.2 Å². The molecule has 0 aliphatic heterocycles. The normalized spacial score (nSPS) is 10.2. The molecular formula is C16H16Cl2N2O. The second kappa shape index (κ2) is 7.34. The molecule has 0 bridgehead atoms. The van der Waals surface area contributed by atoms with Gasteiger partial charge < -0.3 is 10.6 Å². The predicted octanol–water partition coefficient (Wildman–Crippen LogP) is 4.61. The van der Waals surface area contributed by atoms with E-state index in [2.05, 4.69) is 17.6 Å². The Balaban J connectivity index is 1.89. The van der Waals surface area contributed by atoms with Crippen molar-refractivity contribution >= 4 is 40.5 Å². The fraction of sp³-hybridized carbons (Fsp3) is 0.188. The molecule has 0 saturated carbocycles. The summed E-state index contributed by atoms with van der Waals surface area (Å²) < 4.78 is 0. The van der Waals surface area contributed by atoms with E-state index in [1.165, 1.54) is 5.56 Å². The van der Waals surface area contributed by atoms with E-state index in [1.807, 2.05) is 24.3 Å². The SMILES string of the molecule is CCc1ccc(NC(=O)CNc2ccc(Cl)cc2Cl)cc1. The summed E-state index contributed by atoms with van der Waals surface area (Å²) in [5.41, 5.74) is 2.69. The molecule has 0 fully saturated rings. The van der Waals surface area contributed by atoms with Crippen LogP contribution in [0, 0.1) is 0 Å². The zero-order chi connectivity index (χ0) is 15.2. The Labute approximate surface area is 134 Å². The standard InChI is InChI=1S/C16H16Cl2N2O/c1-2-11-3-6-13(7-4-11)20-16(21)10-19-15-8-5-12(17)9-14(15)18/h3-9,19H,2,10H2,1H3,(H,20,21). The van der Waals surface area contributed by atoms with Crippen LogP contribution in [0.4, 0.5) is 11.4 Å². The maximum absolute atomic E-state index is 11.9. The molecule has 1 amide bonds. The summed E-state index contributed by atoms with van der Waals surface area (Å²) in [7, 11) is 0. The summed E-state index contributed by atoms with van der Waals surface area (Å²) in [6.45, 7) is 2.23. The number of benzene rings is 2. The molecule has 0 spiro atoms. The predicted molar refractivity (Wildman–Crippen MR) is 89.4 cm³/mol. The summed E-state index contributed by atoms with van der Waals surface area (Å²) in [6.07, 6.45) is 0.977. The summed E-state index contributed by atoms with van der Waals surface area (Å²) in [5.74, 6) is -0.134. The van der Waals surface area contributed by atoms with Crippen LogP contribution in [0.2, 0.25) is 10.0 Å². The zero-order valence-corrected chi connectivity index (χ0v) is 13.1. The number of aryl methyl sites for hydroxylation is 1. The first kappa shape index (κ1) is 15.7. The van der Waals surface area contributed by atoms with Gasteiger partial charge in [0.25, 0.3) is 0 Å². The summed E-state index contributed by atoms with van der Waals surface area (Å²) in [4.78, 5) is 11.9. The number of anilines is 2. The minimum atomic E-state index is -0.134. The van der Waals surface area contributed by atoms with E-state index in [1.54, 1.807) is 18.2 Å². The van der Waals surface area contributed by atoms with E-state index < -0.39 is 0 Å². The lowest BCUT2D eigenvalue weighted by atomic mass is 10.1. The molecule has 0 heterocycles. The van der Waals surface area contributed by atoms with Gasteiger partial charge in [0, 0.05) is 10.7 Å². The van der Waals surface area contributed by atoms with Gasteiger partial charge in [-0.3, -0.25) is 4.79 Å². The first-order valence-corrected chi connectivity index (χ1v) is 7.42. The molecule has 0 radical (unpaired) electrons. The highest BCUT2D eigenvalue weighted by atomic mass is 35.5. The lowest BCUT2D eigenvalue weighted by molar-refractivity contribution is -0.114.